The number of fused-ring (bicyclic) bond motifs is 1. The molecule has 0 saturated carbocycles. The number of benzene rings is 1. The average molecular weight is 293 g/mol. The van der Waals surface area contributed by atoms with Gasteiger partial charge in [0.1, 0.15) is 6.54 Å². The standard InChI is InChI=1S/C15H19NO3S/c1-11-5-7-16(6-4-8-20(17,18)19)15-10-13(3)12(2)9-14(11)15/h5,7,9-10H,4,6,8H2,1-3H3. The molecule has 2 aromatic rings. The Kier molecular flexibility index (Phi) is 4.11. The van der Waals surface area contributed by atoms with Crippen LogP contribution in [0.4, 0.5) is 0 Å². The van der Waals surface area contributed by atoms with Crippen molar-refractivity contribution in [1.82, 2.24) is 0 Å². The summed E-state index contributed by atoms with van der Waals surface area (Å²) in [6.45, 7) is 6.73. The van der Waals surface area contributed by atoms with Crippen LogP contribution in [-0.2, 0) is 16.7 Å². The summed E-state index contributed by atoms with van der Waals surface area (Å²) < 4.78 is 34.0. The zero-order chi connectivity index (χ0) is 14.9. The number of hydrogen-bond donors (Lipinski definition) is 0. The Morgan fingerprint density at radius 3 is 2.40 bits per heavy atom. The molecule has 108 valence electrons. The predicted octanol–water partition coefficient (Wildman–Crippen LogP) is 1.99. The first kappa shape index (κ1) is 14.9. The smallest absolute Gasteiger partial charge is 0.213 e. The highest BCUT2D eigenvalue weighted by molar-refractivity contribution is 7.85. The van der Waals surface area contributed by atoms with Crippen molar-refractivity contribution in [2.75, 3.05) is 5.75 Å². The summed E-state index contributed by atoms with van der Waals surface area (Å²) in [5.74, 6) is -0.319. The van der Waals surface area contributed by atoms with E-state index in [1.165, 1.54) is 22.1 Å². The van der Waals surface area contributed by atoms with E-state index in [2.05, 4.69) is 32.9 Å². The van der Waals surface area contributed by atoms with Crippen molar-refractivity contribution in [3.8, 4) is 0 Å². The van der Waals surface area contributed by atoms with Crippen LogP contribution in [0, 0.1) is 20.8 Å². The van der Waals surface area contributed by atoms with Crippen LogP contribution in [0.25, 0.3) is 10.9 Å². The van der Waals surface area contributed by atoms with Gasteiger partial charge >= 0.3 is 0 Å². The number of hydrogen-bond acceptors (Lipinski definition) is 3. The van der Waals surface area contributed by atoms with Crippen LogP contribution in [0.2, 0.25) is 0 Å². The number of nitrogens with zero attached hydrogens (tertiary/aromatic N) is 1. The fraction of sp³-hybridized carbons (Fsp3) is 0.400. The lowest BCUT2D eigenvalue weighted by atomic mass is 10.0. The van der Waals surface area contributed by atoms with Crippen LogP contribution in [0.3, 0.4) is 0 Å². The molecular weight excluding hydrogens is 274 g/mol. The molecule has 0 unspecified atom stereocenters. The molecule has 0 atom stereocenters. The van der Waals surface area contributed by atoms with E-state index in [0.29, 0.717) is 13.0 Å². The number of pyridine rings is 1. The van der Waals surface area contributed by atoms with Gasteiger partial charge in [0.15, 0.2) is 6.20 Å². The van der Waals surface area contributed by atoms with Crippen molar-refractivity contribution in [1.29, 1.82) is 0 Å². The second kappa shape index (κ2) is 5.50. The van der Waals surface area contributed by atoms with Crippen molar-refractivity contribution in [2.24, 2.45) is 0 Å². The number of aromatic nitrogens is 1. The van der Waals surface area contributed by atoms with E-state index >= 15 is 0 Å². The molecular formula is C15H19NO3S. The lowest BCUT2D eigenvalue weighted by Crippen LogP contribution is -2.35. The lowest BCUT2D eigenvalue weighted by Gasteiger charge is -2.08. The van der Waals surface area contributed by atoms with Gasteiger partial charge in [0.25, 0.3) is 0 Å². The Morgan fingerprint density at radius 2 is 1.75 bits per heavy atom. The summed E-state index contributed by atoms with van der Waals surface area (Å²) in [4.78, 5) is 0. The van der Waals surface area contributed by atoms with Gasteiger partial charge in [0, 0.05) is 29.7 Å². The molecule has 0 spiro atoms. The first-order valence-corrected chi connectivity index (χ1v) is 8.19. The summed E-state index contributed by atoms with van der Waals surface area (Å²) in [6.07, 6.45) is 2.28. The Balaban J connectivity index is 2.39. The molecule has 0 amide bonds. The highest BCUT2D eigenvalue weighted by atomic mass is 32.2. The molecule has 5 heteroatoms. The van der Waals surface area contributed by atoms with E-state index in [1.807, 2.05) is 16.8 Å². The predicted molar refractivity (Wildman–Crippen MR) is 77.5 cm³/mol. The summed E-state index contributed by atoms with van der Waals surface area (Å²) >= 11 is 0. The van der Waals surface area contributed by atoms with Crippen LogP contribution >= 0.6 is 0 Å². The third kappa shape index (κ3) is 3.35. The normalized spacial score (nSPS) is 12.0. The Morgan fingerprint density at radius 1 is 1.10 bits per heavy atom. The Bertz CT molecular complexity index is 751. The molecule has 1 aromatic heterocycles. The molecule has 0 fully saturated rings. The molecule has 2 rings (SSSR count). The molecule has 0 aliphatic carbocycles. The van der Waals surface area contributed by atoms with E-state index in [0.717, 1.165) is 5.52 Å². The molecule has 4 nitrogen and oxygen atoms in total. The van der Waals surface area contributed by atoms with Crippen LogP contribution in [-0.4, -0.2) is 18.7 Å². The molecule has 1 aromatic carbocycles. The summed E-state index contributed by atoms with van der Waals surface area (Å²) in [5.41, 5.74) is 4.71. The first-order valence-electron chi connectivity index (χ1n) is 6.61. The average Bonchev–Trinajstić information content (AvgIpc) is 2.33. The first-order chi connectivity index (χ1) is 9.28. The summed E-state index contributed by atoms with van der Waals surface area (Å²) in [7, 11) is -4.13. The maximum Gasteiger partial charge on any atom is 0.213 e. The second-order valence-electron chi connectivity index (χ2n) is 5.26. The van der Waals surface area contributed by atoms with Gasteiger partial charge in [-0.3, -0.25) is 0 Å². The monoisotopic (exact) mass is 293 g/mol. The minimum Gasteiger partial charge on any atom is -0.748 e. The van der Waals surface area contributed by atoms with Crippen LogP contribution in [0.1, 0.15) is 23.1 Å². The van der Waals surface area contributed by atoms with Crippen molar-refractivity contribution >= 4 is 21.0 Å². The molecule has 1 heterocycles. The van der Waals surface area contributed by atoms with Gasteiger partial charge in [0.2, 0.25) is 5.52 Å². The van der Waals surface area contributed by atoms with Gasteiger partial charge in [-0.05, 0) is 43.5 Å². The van der Waals surface area contributed by atoms with Gasteiger partial charge in [-0.2, -0.15) is 4.57 Å². The minimum atomic E-state index is -4.13. The molecule has 0 aliphatic rings. The van der Waals surface area contributed by atoms with Gasteiger partial charge in [-0.15, -0.1) is 0 Å². The molecule has 0 saturated heterocycles. The van der Waals surface area contributed by atoms with E-state index in [-0.39, 0.29) is 5.75 Å². The summed E-state index contributed by atoms with van der Waals surface area (Å²) in [6, 6.07) is 6.28. The van der Waals surface area contributed by atoms with E-state index in [9.17, 15) is 13.0 Å². The highest BCUT2D eigenvalue weighted by Gasteiger charge is 2.12. The van der Waals surface area contributed by atoms with E-state index in [4.69, 9.17) is 0 Å². The quantitative estimate of drug-likeness (QED) is 0.640. The highest BCUT2D eigenvalue weighted by Crippen LogP contribution is 2.19. The zero-order valence-electron chi connectivity index (χ0n) is 12.0. The fourth-order valence-electron chi connectivity index (χ4n) is 2.33. The second-order valence-corrected chi connectivity index (χ2v) is 6.78. The van der Waals surface area contributed by atoms with Crippen LogP contribution in [0.5, 0.6) is 0 Å². The van der Waals surface area contributed by atoms with Gasteiger partial charge < -0.3 is 4.55 Å². The van der Waals surface area contributed by atoms with Crippen LogP contribution < -0.4 is 4.57 Å². The van der Waals surface area contributed by atoms with Crippen molar-refractivity contribution in [3.05, 3.63) is 41.1 Å². The largest absolute Gasteiger partial charge is 0.748 e. The third-order valence-electron chi connectivity index (χ3n) is 3.64. The van der Waals surface area contributed by atoms with Crippen LogP contribution in [0.15, 0.2) is 24.4 Å². The Labute approximate surface area is 119 Å². The summed E-state index contributed by atoms with van der Waals surface area (Å²) in [5, 5.41) is 1.17. The van der Waals surface area contributed by atoms with E-state index in [1.54, 1.807) is 0 Å². The van der Waals surface area contributed by atoms with Crippen molar-refractivity contribution in [2.45, 2.75) is 33.7 Å². The molecule has 0 radical (unpaired) electrons. The third-order valence-corrected chi connectivity index (χ3v) is 4.43. The van der Waals surface area contributed by atoms with Gasteiger partial charge in [0.05, 0.1) is 10.1 Å². The SMILES string of the molecule is Cc1cc2c(C)cc[n+](CCCS(=O)(=O)[O-])c2cc1C. The topological polar surface area (TPSA) is 61.1 Å². The van der Waals surface area contributed by atoms with E-state index < -0.39 is 10.1 Å². The molecule has 0 bridgehead atoms. The maximum atomic E-state index is 10.7. The minimum absolute atomic E-state index is 0.319. The lowest BCUT2D eigenvalue weighted by molar-refractivity contribution is -0.671. The molecule has 20 heavy (non-hydrogen) atoms. The van der Waals surface area contributed by atoms with Gasteiger partial charge in [-0.25, -0.2) is 8.42 Å². The van der Waals surface area contributed by atoms with Crippen molar-refractivity contribution < 1.29 is 17.5 Å². The fourth-order valence-corrected chi connectivity index (χ4v) is 2.82. The number of rotatable bonds is 4. The molecule has 0 aliphatic heterocycles. The number of aryl methyl sites for hydroxylation is 4. The van der Waals surface area contributed by atoms with Crippen molar-refractivity contribution in [3.63, 3.8) is 0 Å². The molecule has 0 N–H and O–H groups in total. The zero-order valence-corrected chi connectivity index (χ0v) is 12.8. The Hall–Kier alpha value is -1.46. The van der Waals surface area contributed by atoms with Gasteiger partial charge in [-0.1, -0.05) is 0 Å². The maximum absolute atomic E-state index is 10.7.